The molecule has 0 radical (unpaired) electrons. The fraction of sp³-hybridized carbons (Fsp3) is 0.333. The van der Waals surface area contributed by atoms with E-state index >= 15 is 0 Å². The van der Waals surface area contributed by atoms with E-state index in [4.69, 9.17) is 0 Å². The van der Waals surface area contributed by atoms with Gasteiger partial charge in [-0.1, -0.05) is 31.2 Å². The number of hydrogen-bond donors (Lipinski definition) is 1. The first-order valence-corrected chi connectivity index (χ1v) is 8.65. The molecular formula is C21H26N2O2. The number of carbonyl (C=O) groups excluding carboxylic acids is 2. The zero-order valence-electron chi connectivity index (χ0n) is 15.4. The summed E-state index contributed by atoms with van der Waals surface area (Å²) in [5.41, 5.74) is 5.07. The Morgan fingerprint density at radius 3 is 2.32 bits per heavy atom. The Bertz CT molecular complexity index is 751. The maximum absolute atomic E-state index is 12.2. The molecule has 0 aliphatic heterocycles. The van der Waals surface area contributed by atoms with Crippen molar-refractivity contribution < 1.29 is 9.59 Å². The number of benzene rings is 2. The second-order valence-corrected chi connectivity index (χ2v) is 6.24. The predicted octanol–water partition coefficient (Wildman–Crippen LogP) is 4.25. The van der Waals surface area contributed by atoms with Gasteiger partial charge in [0.1, 0.15) is 0 Å². The fourth-order valence-electron chi connectivity index (χ4n) is 2.74. The van der Waals surface area contributed by atoms with Crippen molar-refractivity contribution in [2.45, 2.75) is 40.5 Å². The van der Waals surface area contributed by atoms with E-state index in [1.54, 1.807) is 4.90 Å². The molecule has 2 amide bonds. The van der Waals surface area contributed by atoms with Crippen LogP contribution in [0.2, 0.25) is 0 Å². The van der Waals surface area contributed by atoms with E-state index in [9.17, 15) is 9.59 Å². The van der Waals surface area contributed by atoms with Crippen molar-refractivity contribution in [3.05, 3.63) is 59.2 Å². The van der Waals surface area contributed by atoms with Gasteiger partial charge in [-0.05, 0) is 55.2 Å². The molecule has 132 valence electrons. The van der Waals surface area contributed by atoms with Crippen molar-refractivity contribution in [1.82, 2.24) is 0 Å². The van der Waals surface area contributed by atoms with E-state index in [0.29, 0.717) is 6.54 Å². The zero-order chi connectivity index (χ0) is 18.4. The quantitative estimate of drug-likeness (QED) is 0.856. The van der Waals surface area contributed by atoms with Gasteiger partial charge in [0.15, 0.2) is 0 Å². The highest BCUT2D eigenvalue weighted by atomic mass is 16.2. The summed E-state index contributed by atoms with van der Waals surface area (Å²) >= 11 is 0. The summed E-state index contributed by atoms with van der Waals surface area (Å²) in [5.74, 6) is -0.158. The molecule has 0 aliphatic carbocycles. The van der Waals surface area contributed by atoms with Crippen LogP contribution in [-0.2, 0) is 16.0 Å². The van der Waals surface area contributed by atoms with Crippen LogP contribution in [0.3, 0.4) is 0 Å². The Balaban J connectivity index is 2.01. The number of rotatable bonds is 6. The minimum absolute atomic E-state index is 0.0613. The molecule has 4 heteroatoms. The average molecular weight is 338 g/mol. The van der Waals surface area contributed by atoms with Crippen LogP contribution in [0.5, 0.6) is 0 Å². The molecule has 1 N–H and O–H groups in total. The van der Waals surface area contributed by atoms with Crippen LogP contribution in [0.4, 0.5) is 11.4 Å². The lowest BCUT2D eigenvalue weighted by atomic mass is 10.1. The van der Waals surface area contributed by atoms with Gasteiger partial charge in [0, 0.05) is 31.3 Å². The van der Waals surface area contributed by atoms with Crippen molar-refractivity contribution in [2.24, 2.45) is 0 Å². The second-order valence-electron chi connectivity index (χ2n) is 6.24. The van der Waals surface area contributed by atoms with Crippen molar-refractivity contribution >= 4 is 23.2 Å². The van der Waals surface area contributed by atoms with Crippen molar-refractivity contribution in [2.75, 3.05) is 16.8 Å². The number of nitrogens with zero attached hydrogens (tertiary/aromatic N) is 1. The predicted molar refractivity (Wildman–Crippen MR) is 103 cm³/mol. The molecule has 2 rings (SSSR count). The van der Waals surface area contributed by atoms with Crippen molar-refractivity contribution in [3.8, 4) is 0 Å². The summed E-state index contributed by atoms with van der Waals surface area (Å²) in [7, 11) is 0. The van der Waals surface area contributed by atoms with Gasteiger partial charge in [-0.2, -0.15) is 0 Å². The zero-order valence-corrected chi connectivity index (χ0v) is 15.4. The first-order chi connectivity index (χ1) is 11.9. The summed E-state index contributed by atoms with van der Waals surface area (Å²) in [6, 6.07) is 13.7. The van der Waals surface area contributed by atoms with Gasteiger partial charge in [0.2, 0.25) is 11.8 Å². The lowest BCUT2D eigenvalue weighted by Crippen LogP contribution is -2.32. The molecule has 0 heterocycles. The molecule has 0 bridgehead atoms. The van der Waals surface area contributed by atoms with E-state index < -0.39 is 0 Å². The number of nitrogens with one attached hydrogen (secondary N) is 1. The Labute approximate surface area is 149 Å². The minimum Gasteiger partial charge on any atom is -0.326 e. The van der Waals surface area contributed by atoms with Gasteiger partial charge in [0.25, 0.3) is 0 Å². The highest BCUT2D eigenvalue weighted by Crippen LogP contribution is 2.23. The van der Waals surface area contributed by atoms with Crippen LogP contribution in [0, 0.1) is 13.8 Å². The summed E-state index contributed by atoms with van der Waals surface area (Å²) in [6.07, 6.45) is 1.22. The van der Waals surface area contributed by atoms with Crippen LogP contribution >= 0.6 is 0 Å². The molecule has 0 unspecified atom stereocenters. The SMILES string of the molecule is CCc1ccc(NC(=O)CCN(C(C)=O)c2cccc(C)c2C)cc1. The lowest BCUT2D eigenvalue weighted by molar-refractivity contribution is -0.117. The molecular weight excluding hydrogens is 312 g/mol. The highest BCUT2D eigenvalue weighted by Gasteiger charge is 2.16. The summed E-state index contributed by atoms with van der Waals surface area (Å²) < 4.78 is 0. The maximum Gasteiger partial charge on any atom is 0.226 e. The van der Waals surface area contributed by atoms with Crippen molar-refractivity contribution in [3.63, 3.8) is 0 Å². The van der Waals surface area contributed by atoms with E-state index in [0.717, 1.165) is 28.9 Å². The van der Waals surface area contributed by atoms with Crippen LogP contribution < -0.4 is 10.2 Å². The Kier molecular flexibility index (Phi) is 6.34. The number of hydrogen-bond acceptors (Lipinski definition) is 2. The normalized spacial score (nSPS) is 10.4. The molecule has 2 aromatic rings. The smallest absolute Gasteiger partial charge is 0.226 e. The molecule has 0 spiro atoms. The van der Waals surface area contributed by atoms with Gasteiger partial charge >= 0.3 is 0 Å². The average Bonchev–Trinajstić information content (AvgIpc) is 2.59. The third-order valence-corrected chi connectivity index (χ3v) is 4.46. The molecule has 25 heavy (non-hydrogen) atoms. The van der Waals surface area contributed by atoms with E-state index in [1.165, 1.54) is 12.5 Å². The van der Waals surface area contributed by atoms with E-state index in [-0.39, 0.29) is 18.2 Å². The summed E-state index contributed by atoms with van der Waals surface area (Å²) in [4.78, 5) is 25.9. The summed E-state index contributed by atoms with van der Waals surface area (Å²) in [6.45, 7) is 8.00. The van der Waals surface area contributed by atoms with Gasteiger partial charge in [-0.15, -0.1) is 0 Å². The first-order valence-electron chi connectivity index (χ1n) is 8.65. The van der Waals surface area contributed by atoms with Gasteiger partial charge < -0.3 is 10.2 Å². The fourth-order valence-corrected chi connectivity index (χ4v) is 2.74. The van der Waals surface area contributed by atoms with Crippen LogP contribution in [0.15, 0.2) is 42.5 Å². The molecule has 0 saturated carbocycles. The van der Waals surface area contributed by atoms with E-state index in [2.05, 4.69) is 12.2 Å². The minimum atomic E-state index is -0.0965. The van der Waals surface area contributed by atoms with Crippen molar-refractivity contribution in [1.29, 1.82) is 0 Å². The number of amides is 2. The van der Waals surface area contributed by atoms with Crippen LogP contribution in [0.1, 0.15) is 37.0 Å². The Morgan fingerprint density at radius 2 is 1.72 bits per heavy atom. The third-order valence-electron chi connectivity index (χ3n) is 4.46. The number of anilines is 2. The number of carbonyl (C=O) groups is 2. The largest absolute Gasteiger partial charge is 0.326 e. The lowest BCUT2D eigenvalue weighted by Gasteiger charge is -2.23. The monoisotopic (exact) mass is 338 g/mol. The second kappa shape index (κ2) is 8.47. The standard InChI is InChI=1S/C21H26N2O2/c1-5-18-9-11-19(12-10-18)22-21(25)13-14-23(17(4)24)20-8-6-7-15(2)16(20)3/h6-12H,5,13-14H2,1-4H3,(H,22,25). The maximum atomic E-state index is 12.2. The van der Waals surface area contributed by atoms with Gasteiger partial charge in [-0.25, -0.2) is 0 Å². The Morgan fingerprint density at radius 1 is 1.04 bits per heavy atom. The van der Waals surface area contributed by atoms with Gasteiger partial charge in [-0.3, -0.25) is 9.59 Å². The molecule has 4 nitrogen and oxygen atoms in total. The van der Waals surface area contributed by atoms with Gasteiger partial charge in [0.05, 0.1) is 0 Å². The molecule has 0 aromatic heterocycles. The van der Waals surface area contributed by atoms with Crippen LogP contribution in [0.25, 0.3) is 0 Å². The Hall–Kier alpha value is -2.62. The molecule has 0 fully saturated rings. The molecule has 0 aliphatic rings. The number of aryl methyl sites for hydroxylation is 2. The van der Waals surface area contributed by atoms with E-state index in [1.807, 2.05) is 56.3 Å². The molecule has 0 saturated heterocycles. The topological polar surface area (TPSA) is 49.4 Å². The van der Waals surface area contributed by atoms with Crippen LogP contribution in [-0.4, -0.2) is 18.4 Å². The first kappa shape index (κ1) is 18.7. The molecule has 2 aromatic carbocycles. The third kappa shape index (κ3) is 4.92. The summed E-state index contributed by atoms with van der Waals surface area (Å²) in [5, 5.41) is 2.89. The molecule has 0 atom stereocenters. The highest BCUT2D eigenvalue weighted by molar-refractivity contribution is 5.95.